The summed E-state index contributed by atoms with van der Waals surface area (Å²) in [5, 5.41) is 0. The van der Waals surface area contributed by atoms with Gasteiger partial charge in [0, 0.05) is 25.8 Å². The van der Waals surface area contributed by atoms with Gasteiger partial charge in [0.25, 0.3) is 0 Å². The van der Waals surface area contributed by atoms with Crippen molar-refractivity contribution >= 4 is 0 Å². The number of hydrogen-bond donors (Lipinski definition) is 3. The highest BCUT2D eigenvalue weighted by molar-refractivity contribution is 5.29. The third-order valence-electron chi connectivity index (χ3n) is 1.86. The molecule has 0 aliphatic heterocycles. The van der Waals surface area contributed by atoms with Crippen LogP contribution in [-0.4, -0.2) is 4.98 Å². The van der Waals surface area contributed by atoms with E-state index in [0.717, 1.165) is 16.8 Å². The normalized spacial score (nSPS) is 10.2. The zero-order valence-corrected chi connectivity index (χ0v) is 6.96. The van der Waals surface area contributed by atoms with Crippen molar-refractivity contribution in [1.29, 1.82) is 0 Å². The molecule has 0 saturated carbocycles. The highest BCUT2D eigenvalue weighted by Gasteiger charge is 2.04. The fraction of sp³-hybridized carbons (Fsp3) is 0.375. The Bertz CT molecular complexity index is 237. The van der Waals surface area contributed by atoms with E-state index in [0.29, 0.717) is 19.6 Å². The Morgan fingerprint density at radius 2 is 1.83 bits per heavy atom. The van der Waals surface area contributed by atoms with Crippen LogP contribution in [0.4, 0.5) is 0 Å². The van der Waals surface area contributed by atoms with Crippen molar-refractivity contribution in [1.82, 2.24) is 4.98 Å². The van der Waals surface area contributed by atoms with Crippen LogP contribution >= 0.6 is 0 Å². The molecular weight excluding hydrogens is 152 g/mol. The van der Waals surface area contributed by atoms with E-state index in [1.165, 1.54) is 0 Å². The Labute approximate surface area is 71.8 Å². The molecule has 0 saturated heterocycles. The molecule has 0 bridgehead atoms. The van der Waals surface area contributed by atoms with Crippen molar-refractivity contribution < 1.29 is 0 Å². The average Bonchev–Trinajstić information content (AvgIpc) is 2.16. The second kappa shape index (κ2) is 4.15. The summed E-state index contributed by atoms with van der Waals surface area (Å²) in [5.74, 6) is 0. The fourth-order valence-corrected chi connectivity index (χ4v) is 1.20. The lowest BCUT2D eigenvalue weighted by Gasteiger charge is -2.08. The number of pyridine rings is 1. The predicted octanol–water partition coefficient (Wildman–Crippen LogP) is -0.542. The Kier molecular flexibility index (Phi) is 3.16. The average molecular weight is 166 g/mol. The van der Waals surface area contributed by atoms with Crippen LogP contribution in [0.1, 0.15) is 16.8 Å². The molecule has 0 amide bonds. The molecule has 66 valence electrons. The minimum absolute atomic E-state index is 0.417. The van der Waals surface area contributed by atoms with Gasteiger partial charge in [-0.2, -0.15) is 0 Å². The van der Waals surface area contributed by atoms with Gasteiger partial charge in [0.15, 0.2) is 0 Å². The van der Waals surface area contributed by atoms with Crippen molar-refractivity contribution in [3.8, 4) is 0 Å². The molecule has 0 fully saturated rings. The molecular formula is C8H14N4. The molecule has 1 aromatic rings. The fourth-order valence-electron chi connectivity index (χ4n) is 1.20. The summed E-state index contributed by atoms with van der Waals surface area (Å²) < 4.78 is 0. The predicted molar refractivity (Wildman–Crippen MR) is 47.9 cm³/mol. The SMILES string of the molecule is NCc1ccnc(CN)c1CN. The van der Waals surface area contributed by atoms with Gasteiger partial charge in [-0.1, -0.05) is 0 Å². The molecule has 0 aliphatic carbocycles. The van der Waals surface area contributed by atoms with Gasteiger partial charge in [-0.05, 0) is 17.2 Å². The zero-order chi connectivity index (χ0) is 8.97. The molecule has 0 unspecified atom stereocenters. The summed E-state index contributed by atoms with van der Waals surface area (Å²) >= 11 is 0. The number of nitrogens with two attached hydrogens (primary N) is 3. The number of hydrogen-bond acceptors (Lipinski definition) is 4. The van der Waals surface area contributed by atoms with Crippen LogP contribution in [0.15, 0.2) is 12.3 Å². The quantitative estimate of drug-likeness (QED) is 0.562. The van der Waals surface area contributed by atoms with Gasteiger partial charge in [-0.25, -0.2) is 0 Å². The van der Waals surface area contributed by atoms with E-state index < -0.39 is 0 Å². The molecule has 4 nitrogen and oxygen atoms in total. The van der Waals surface area contributed by atoms with Crippen molar-refractivity contribution in [3.63, 3.8) is 0 Å². The third kappa shape index (κ3) is 1.61. The number of nitrogens with zero attached hydrogens (tertiary/aromatic N) is 1. The lowest BCUT2D eigenvalue weighted by atomic mass is 10.1. The van der Waals surface area contributed by atoms with Gasteiger partial charge >= 0.3 is 0 Å². The summed E-state index contributed by atoms with van der Waals surface area (Å²) in [4.78, 5) is 4.12. The van der Waals surface area contributed by atoms with Crippen molar-refractivity contribution in [2.45, 2.75) is 19.6 Å². The molecule has 4 heteroatoms. The van der Waals surface area contributed by atoms with Gasteiger partial charge in [0.1, 0.15) is 0 Å². The Balaban J connectivity index is 3.13. The van der Waals surface area contributed by atoms with Crippen molar-refractivity contribution in [3.05, 3.63) is 29.1 Å². The highest BCUT2D eigenvalue weighted by atomic mass is 14.7. The van der Waals surface area contributed by atoms with Gasteiger partial charge in [-0.3, -0.25) is 4.98 Å². The van der Waals surface area contributed by atoms with E-state index in [1.807, 2.05) is 6.07 Å². The van der Waals surface area contributed by atoms with Gasteiger partial charge in [-0.15, -0.1) is 0 Å². The first-order valence-corrected chi connectivity index (χ1v) is 3.89. The van der Waals surface area contributed by atoms with Crippen LogP contribution in [0.25, 0.3) is 0 Å². The van der Waals surface area contributed by atoms with Gasteiger partial charge < -0.3 is 17.2 Å². The van der Waals surface area contributed by atoms with Crippen LogP contribution in [0.3, 0.4) is 0 Å². The van der Waals surface area contributed by atoms with Crippen LogP contribution in [0.2, 0.25) is 0 Å². The Hall–Kier alpha value is -0.970. The van der Waals surface area contributed by atoms with E-state index in [1.54, 1.807) is 6.20 Å². The van der Waals surface area contributed by atoms with E-state index in [2.05, 4.69) is 4.98 Å². The number of aromatic nitrogens is 1. The summed E-state index contributed by atoms with van der Waals surface area (Å²) in [7, 11) is 0. The molecule has 0 aromatic carbocycles. The molecule has 0 aliphatic rings. The second-order valence-electron chi connectivity index (χ2n) is 2.51. The minimum atomic E-state index is 0.417. The van der Waals surface area contributed by atoms with Gasteiger partial charge in [0.2, 0.25) is 0 Å². The maximum atomic E-state index is 5.55. The summed E-state index contributed by atoms with van der Waals surface area (Å²) in [6, 6.07) is 1.88. The molecule has 12 heavy (non-hydrogen) atoms. The van der Waals surface area contributed by atoms with Crippen LogP contribution < -0.4 is 17.2 Å². The minimum Gasteiger partial charge on any atom is -0.326 e. The molecule has 1 rings (SSSR count). The first-order valence-electron chi connectivity index (χ1n) is 3.89. The maximum Gasteiger partial charge on any atom is 0.0587 e. The zero-order valence-electron chi connectivity index (χ0n) is 6.96. The molecule has 6 N–H and O–H groups in total. The molecule has 0 spiro atoms. The topological polar surface area (TPSA) is 90.9 Å². The van der Waals surface area contributed by atoms with Crippen molar-refractivity contribution in [2.24, 2.45) is 17.2 Å². The highest BCUT2D eigenvalue weighted by Crippen LogP contribution is 2.10. The van der Waals surface area contributed by atoms with Gasteiger partial charge in [0.05, 0.1) is 5.69 Å². The smallest absolute Gasteiger partial charge is 0.0587 e. The molecule has 1 aromatic heterocycles. The second-order valence-corrected chi connectivity index (χ2v) is 2.51. The summed E-state index contributed by atoms with van der Waals surface area (Å²) in [6.07, 6.45) is 1.71. The molecule has 0 atom stereocenters. The lowest BCUT2D eigenvalue weighted by molar-refractivity contribution is 0.884. The maximum absolute atomic E-state index is 5.55. The summed E-state index contributed by atoms with van der Waals surface area (Å²) in [5.41, 5.74) is 19.4. The van der Waals surface area contributed by atoms with Crippen LogP contribution in [-0.2, 0) is 19.6 Å². The molecule has 0 radical (unpaired) electrons. The van der Waals surface area contributed by atoms with Crippen LogP contribution in [0.5, 0.6) is 0 Å². The van der Waals surface area contributed by atoms with E-state index in [9.17, 15) is 0 Å². The van der Waals surface area contributed by atoms with E-state index >= 15 is 0 Å². The number of rotatable bonds is 3. The first-order chi connectivity index (χ1) is 5.83. The third-order valence-corrected chi connectivity index (χ3v) is 1.86. The standard InChI is InChI=1S/C8H14N4/c9-3-6-1-2-12-8(5-11)7(6)4-10/h1-2H,3-5,9-11H2. The van der Waals surface area contributed by atoms with Crippen molar-refractivity contribution in [2.75, 3.05) is 0 Å². The molecule has 1 heterocycles. The Morgan fingerprint density at radius 3 is 2.33 bits per heavy atom. The lowest BCUT2D eigenvalue weighted by Crippen LogP contribution is -2.13. The van der Waals surface area contributed by atoms with E-state index in [-0.39, 0.29) is 0 Å². The first kappa shape index (κ1) is 9.12. The monoisotopic (exact) mass is 166 g/mol. The van der Waals surface area contributed by atoms with E-state index in [4.69, 9.17) is 17.2 Å². The summed E-state index contributed by atoms with van der Waals surface area (Å²) in [6.45, 7) is 1.36. The largest absolute Gasteiger partial charge is 0.326 e. The Morgan fingerprint density at radius 1 is 1.08 bits per heavy atom. The van der Waals surface area contributed by atoms with Crippen LogP contribution in [0, 0.1) is 0 Å².